The summed E-state index contributed by atoms with van der Waals surface area (Å²) in [5.74, 6) is 1.79. The van der Waals surface area contributed by atoms with Crippen molar-refractivity contribution in [2.24, 2.45) is 5.92 Å². The van der Waals surface area contributed by atoms with Gasteiger partial charge in [-0.2, -0.15) is 11.3 Å². The van der Waals surface area contributed by atoms with Gasteiger partial charge in [0.1, 0.15) is 11.6 Å². The number of ether oxygens (including phenoxy) is 1. The molecule has 34 heavy (non-hydrogen) atoms. The number of halogens is 1. The fourth-order valence-corrected chi connectivity index (χ4v) is 5.31. The number of carbonyl (C=O) groups excluding carboxylic acids is 1. The van der Waals surface area contributed by atoms with Crippen LogP contribution in [-0.2, 0) is 0 Å². The molecule has 0 aliphatic carbocycles. The van der Waals surface area contributed by atoms with Crippen molar-refractivity contribution in [3.63, 3.8) is 0 Å². The van der Waals surface area contributed by atoms with Crippen molar-refractivity contribution in [1.29, 1.82) is 0 Å². The zero-order valence-corrected chi connectivity index (χ0v) is 20.6. The molecule has 0 bridgehead atoms. The summed E-state index contributed by atoms with van der Waals surface area (Å²) < 4.78 is 18.3. The summed E-state index contributed by atoms with van der Waals surface area (Å²) in [4.78, 5) is 17.3. The van der Waals surface area contributed by atoms with Crippen molar-refractivity contribution in [3.8, 4) is 5.75 Å². The topological polar surface area (TPSA) is 32.8 Å². The summed E-state index contributed by atoms with van der Waals surface area (Å²) in [5.41, 5.74) is 1.98. The average Bonchev–Trinajstić information content (AvgIpc) is 3.61. The molecule has 0 radical (unpaired) electrons. The molecule has 0 N–H and O–H groups in total. The maximum Gasteiger partial charge on any atom is 0.253 e. The molecular weight excluding hydrogens is 447 g/mol. The molecule has 3 heterocycles. The molecule has 0 saturated carbocycles. The van der Waals surface area contributed by atoms with E-state index in [1.54, 1.807) is 30.6 Å². The second-order valence-electron chi connectivity index (χ2n) is 9.05. The summed E-state index contributed by atoms with van der Waals surface area (Å²) in [6.07, 6.45) is 3.31. The third-order valence-electron chi connectivity index (χ3n) is 6.78. The molecule has 0 spiro atoms. The van der Waals surface area contributed by atoms with Crippen LogP contribution in [0.5, 0.6) is 5.75 Å². The highest BCUT2D eigenvalue weighted by Crippen LogP contribution is 2.29. The van der Waals surface area contributed by atoms with Gasteiger partial charge in [0.25, 0.3) is 5.91 Å². The number of likely N-dealkylation sites (tertiary alicyclic amines) is 2. The highest BCUT2D eigenvalue weighted by atomic mass is 32.1. The number of carbonyl (C=O) groups is 1. The molecule has 1 aromatic heterocycles. The number of piperidine rings is 1. The summed E-state index contributed by atoms with van der Waals surface area (Å²) in [7, 11) is 1.63. The minimum Gasteiger partial charge on any atom is -0.497 e. The third kappa shape index (κ3) is 6.67. The fraction of sp³-hybridized carbons (Fsp3) is 0.393. The minimum absolute atomic E-state index is 0.116. The number of thiophene rings is 1. The number of rotatable bonds is 5. The molecular formula is C28H33FN2O2S. The zero-order valence-electron chi connectivity index (χ0n) is 19.7. The fourth-order valence-electron chi connectivity index (χ4n) is 4.86. The van der Waals surface area contributed by atoms with Crippen LogP contribution in [0.15, 0.2) is 71.4 Å². The van der Waals surface area contributed by atoms with E-state index < -0.39 is 0 Å². The summed E-state index contributed by atoms with van der Waals surface area (Å²) >= 11 is 1.71. The van der Waals surface area contributed by atoms with Gasteiger partial charge in [-0.05, 0) is 96.9 Å². The molecule has 1 unspecified atom stereocenters. The molecule has 3 aromatic rings. The number of amides is 1. The highest BCUT2D eigenvalue weighted by Gasteiger charge is 2.29. The Morgan fingerprint density at radius 3 is 2.24 bits per heavy atom. The van der Waals surface area contributed by atoms with Gasteiger partial charge < -0.3 is 14.5 Å². The quantitative estimate of drug-likeness (QED) is 0.454. The number of hydrogen-bond donors (Lipinski definition) is 0. The van der Waals surface area contributed by atoms with Crippen LogP contribution in [0, 0.1) is 11.7 Å². The maximum absolute atomic E-state index is 13.1. The van der Waals surface area contributed by atoms with Gasteiger partial charge in [-0.3, -0.25) is 4.79 Å². The molecule has 2 aliphatic heterocycles. The first kappa shape index (κ1) is 24.4. The Balaban J connectivity index is 0.000000486. The zero-order chi connectivity index (χ0) is 23.8. The summed E-state index contributed by atoms with van der Waals surface area (Å²) in [6, 6.07) is 18.4. The van der Waals surface area contributed by atoms with Crippen molar-refractivity contribution >= 4 is 17.2 Å². The van der Waals surface area contributed by atoms with Crippen LogP contribution < -0.4 is 4.74 Å². The molecule has 2 aromatic carbocycles. The Kier molecular flexibility index (Phi) is 8.72. The molecule has 2 fully saturated rings. The van der Waals surface area contributed by atoms with Crippen LogP contribution >= 0.6 is 11.3 Å². The van der Waals surface area contributed by atoms with Crippen molar-refractivity contribution in [3.05, 3.63) is 88.4 Å². The van der Waals surface area contributed by atoms with Crippen molar-refractivity contribution in [2.75, 3.05) is 39.8 Å². The van der Waals surface area contributed by atoms with Gasteiger partial charge in [0, 0.05) is 25.2 Å². The summed E-state index contributed by atoms with van der Waals surface area (Å²) in [6.45, 7) is 4.88. The van der Waals surface area contributed by atoms with Crippen molar-refractivity contribution in [1.82, 2.24) is 9.80 Å². The first-order valence-electron chi connectivity index (χ1n) is 12.0. The van der Waals surface area contributed by atoms with Gasteiger partial charge in [-0.1, -0.05) is 24.3 Å². The van der Waals surface area contributed by atoms with E-state index in [1.807, 2.05) is 64.2 Å². The van der Waals surface area contributed by atoms with Crippen molar-refractivity contribution in [2.45, 2.75) is 25.2 Å². The Labute approximate surface area is 206 Å². The van der Waals surface area contributed by atoms with Crippen LogP contribution in [-0.4, -0.2) is 55.5 Å². The predicted molar refractivity (Wildman–Crippen MR) is 136 cm³/mol. The maximum atomic E-state index is 13.1. The average molecular weight is 481 g/mol. The van der Waals surface area contributed by atoms with E-state index in [4.69, 9.17) is 4.74 Å². The normalized spacial score (nSPS) is 18.9. The third-order valence-corrected chi connectivity index (χ3v) is 7.41. The van der Waals surface area contributed by atoms with Gasteiger partial charge in [0.05, 0.1) is 7.11 Å². The van der Waals surface area contributed by atoms with Crippen LogP contribution in [0.2, 0.25) is 0 Å². The lowest BCUT2D eigenvalue weighted by Crippen LogP contribution is -2.37. The molecule has 1 amide bonds. The van der Waals surface area contributed by atoms with Crippen LogP contribution in [0.1, 0.15) is 41.1 Å². The molecule has 180 valence electrons. The lowest BCUT2D eigenvalue weighted by molar-refractivity contribution is 0.0782. The largest absolute Gasteiger partial charge is 0.497 e. The van der Waals surface area contributed by atoms with E-state index >= 15 is 0 Å². The first-order chi connectivity index (χ1) is 16.6. The Morgan fingerprint density at radius 1 is 0.971 bits per heavy atom. The first-order valence-corrected chi connectivity index (χ1v) is 12.9. The van der Waals surface area contributed by atoms with Gasteiger partial charge in [0.15, 0.2) is 0 Å². The molecule has 2 aliphatic rings. The smallest absolute Gasteiger partial charge is 0.253 e. The van der Waals surface area contributed by atoms with E-state index in [-0.39, 0.29) is 11.7 Å². The highest BCUT2D eigenvalue weighted by molar-refractivity contribution is 7.07. The molecule has 4 nitrogen and oxygen atoms in total. The van der Waals surface area contributed by atoms with Gasteiger partial charge >= 0.3 is 0 Å². The number of nitrogens with zero attached hydrogens (tertiary/aromatic N) is 2. The van der Waals surface area contributed by atoms with Crippen molar-refractivity contribution < 1.29 is 13.9 Å². The number of benzene rings is 2. The monoisotopic (exact) mass is 480 g/mol. The summed E-state index contributed by atoms with van der Waals surface area (Å²) in [5, 5.41) is 4.08. The number of methoxy groups -OCH3 is 1. The van der Waals surface area contributed by atoms with E-state index in [1.165, 1.54) is 5.56 Å². The molecule has 1 atom stereocenters. The standard InChI is InChI=1S/C24H29FN2O2.C4H4S/c1-29-23-8-4-21(5-9-23)24(28)27-15-10-18(17-27)16-26-13-11-20(12-14-26)19-2-6-22(25)7-3-19;1-2-4-5-3-1/h2-9,18,20H,10-17H2,1H3;1-4H. The van der Waals surface area contributed by atoms with E-state index in [2.05, 4.69) is 4.90 Å². The predicted octanol–water partition coefficient (Wildman–Crippen LogP) is 5.92. The Morgan fingerprint density at radius 2 is 1.65 bits per heavy atom. The second kappa shape index (κ2) is 12.1. The number of hydrogen-bond acceptors (Lipinski definition) is 4. The van der Waals surface area contributed by atoms with E-state index in [0.29, 0.717) is 11.8 Å². The van der Waals surface area contributed by atoms with Gasteiger partial charge in [-0.15, -0.1) is 0 Å². The lowest BCUT2D eigenvalue weighted by atomic mass is 9.89. The lowest BCUT2D eigenvalue weighted by Gasteiger charge is -2.33. The Hall–Kier alpha value is -2.70. The second-order valence-corrected chi connectivity index (χ2v) is 9.87. The van der Waals surface area contributed by atoms with Crippen LogP contribution in [0.3, 0.4) is 0 Å². The molecule has 6 heteroatoms. The van der Waals surface area contributed by atoms with Gasteiger partial charge in [-0.25, -0.2) is 4.39 Å². The SMILES string of the molecule is COc1ccc(C(=O)N2CCC(CN3CCC(c4ccc(F)cc4)CC3)C2)cc1.c1ccsc1. The van der Waals surface area contributed by atoms with Crippen LogP contribution in [0.4, 0.5) is 4.39 Å². The Bertz CT molecular complexity index is 983. The molecule has 2 saturated heterocycles. The minimum atomic E-state index is -0.166. The van der Waals surface area contributed by atoms with E-state index in [9.17, 15) is 9.18 Å². The van der Waals surface area contributed by atoms with Crippen LogP contribution in [0.25, 0.3) is 0 Å². The van der Waals surface area contributed by atoms with E-state index in [0.717, 1.165) is 63.3 Å². The molecule has 5 rings (SSSR count). The van der Waals surface area contributed by atoms with Gasteiger partial charge in [0.2, 0.25) is 0 Å².